The molecule has 0 bridgehead atoms. The van der Waals surface area contributed by atoms with E-state index in [0.29, 0.717) is 24.7 Å². The van der Waals surface area contributed by atoms with Gasteiger partial charge >= 0.3 is 0 Å². The molecule has 7 heteroatoms. The summed E-state index contributed by atoms with van der Waals surface area (Å²) in [5, 5.41) is 5.85. The number of carbonyl (C=O) groups is 1. The summed E-state index contributed by atoms with van der Waals surface area (Å²) in [6.07, 6.45) is 2.06. The molecule has 1 fully saturated rings. The van der Waals surface area contributed by atoms with Crippen molar-refractivity contribution in [2.75, 3.05) is 17.3 Å². The Bertz CT molecular complexity index is 368. The Hall–Kier alpha value is -1.89. The number of nitrogen functional groups attached to an aromatic ring is 1. The molecule has 1 aliphatic rings. The van der Waals surface area contributed by atoms with Gasteiger partial charge in [-0.1, -0.05) is 0 Å². The highest BCUT2D eigenvalue weighted by atomic mass is 16.1. The highest BCUT2D eigenvalue weighted by molar-refractivity contribution is 5.79. The van der Waals surface area contributed by atoms with E-state index in [2.05, 4.69) is 26.0 Å². The van der Waals surface area contributed by atoms with E-state index in [-0.39, 0.29) is 11.9 Å². The molecule has 1 saturated heterocycles. The van der Waals surface area contributed by atoms with Crippen molar-refractivity contribution < 1.29 is 4.79 Å². The summed E-state index contributed by atoms with van der Waals surface area (Å²) in [4.78, 5) is 18.9. The lowest BCUT2D eigenvalue weighted by atomic mass is 10.2. The molecule has 0 aliphatic carbocycles. The van der Waals surface area contributed by atoms with Crippen LogP contribution in [0.2, 0.25) is 0 Å². The van der Waals surface area contributed by atoms with Gasteiger partial charge in [0.05, 0.1) is 6.04 Å². The van der Waals surface area contributed by atoms with Gasteiger partial charge in [0.2, 0.25) is 11.9 Å². The van der Waals surface area contributed by atoms with E-state index in [4.69, 9.17) is 5.84 Å². The molecule has 80 valence electrons. The number of hydrogen-bond acceptors (Lipinski definition) is 6. The molecule has 2 rings (SSSR count). The first-order valence-electron chi connectivity index (χ1n) is 4.61. The highest BCUT2D eigenvalue weighted by Crippen LogP contribution is 2.10. The number of hydrazine groups is 1. The Morgan fingerprint density at radius 2 is 2.47 bits per heavy atom. The number of nitrogens with two attached hydrogens (primary N) is 1. The minimum atomic E-state index is 0.0544. The largest absolute Gasteiger partial charge is 0.365 e. The lowest BCUT2D eigenvalue weighted by molar-refractivity contribution is -0.119. The van der Waals surface area contributed by atoms with Crippen LogP contribution in [0.1, 0.15) is 6.42 Å². The van der Waals surface area contributed by atoms with E-state index >= 15 is 0 Å². The van der Waals surface area contributed by atoms with Gasteiger partial charge in [-0.15, -0.1) is 0 Å². The molecule has 1 aromatic heterocycles. The van der Waals surface area contributed by atoms with Crippen LogP contribution in [0.25, 0.3) is 0 Å². The summed E-state index contributed by atoms with van der Waals surface area (Å²) in [7, 11) is 0. The van der Waals surface area contributed by atoms with E-state index in [1.54, 1.807) is 12.3 Å². The second-order valence-electron chi connectivity index (χ2n) is 3.26. The highest BCUT2D eigenvalue weighted by Gasteiger charge is 2.21. The van der Waals surface area contributed by atoms with Gasteiger partial charge in [-0.25, -0.2) is 10.8 Å². The lowest BCUT2D eigenvalue weighted by Crippen LogP contribution is -2.23. The van der Waals surface area contributed by atoms with Crippen molar-refractivity contribution in [2.24, 2.45) is 5.84 Å². The molecule has 1 aromatic rings. The van der Waals surface area contributed by atoms with Crippen LogP contribution in [0.3, 0.4) is 0 Å². The minimum absolute atomic E-state index is 0.0544. The van der Waals surface area contributed by atoms with E-state index in [9.17, 15) is 4.79 Å². The number of anilines is 2. The zero-order valence-corrected chi connectivity index (χ0v) is 8.03. The molecule has 2 heterocycles. The Labute approximate surface area is 86.4 Å². The first-order chi connectivity index (χ1) is 7.28. The van der Waals surface area contributed by atoms with Gasteiger partial charge in [0.25, 0.3) is 0 Å². The zero-order chi connectivity index (χ0) is 10.7. The lowest BCUT2D eigenvalue weighted by Gasteiger charge is -2.11. The zero-order valence-electron chi connectivity index (χ0n) is 8.03. The summed E-state index contributed by atoms with van der Waals surface area (Å²) < 4.78 is 0. The van der Waals surface area contributed by atoms with Crippen molar-refractivity contribution in [2.45, 2.75) is 12.5 Å². The molecule has 15 heavy (non-hydrogen) atoms. The number of rotatable bonds is 3. The molecule has 0 saturated carbocycles. The quantitative estimate of drug-likeness (QED) is 0.377. The molecular formula is C8H12N6O. The van der Waals surface area contributed by atoms with Gasteiger partial charge in [0.1, 0.15) is 5.82 Å². The molecule has 1 unspecified atom stereocenters. The molecule has 1 atom stereocenters. The van der Waals surface area contributed by atoms with E-state index in [0.717, 1.165) is 0 Å². The van der Waals surface area contributed by atoms with Crippen molar-refractivity contribution in [3.05, 3.63) is 12.3 Å². The van der Waals surface area contributed by atoms with Crippen molar-refractivity contribution in [1.82, 2.24) is 15.3 Å². The summed E-state index contributed by atoms with van der Waals surface area (Å²) in [5.74, 6) is 6.23. The molecule has 0 radical (unpaired) electrons. The van der Waals surface area contributed by atoms with Gasteiger partial charge in [-0.2, -0.15) is 4.98 Å². The average Bonchev–Trinajstić information content (AvgIpc) is 2.64. The SMILES string of the molecule is NNc1nccc(NC2CNC(=O)C2)n1. The summed E-state index contributed by atoms with van der Waals surface area (Å²) in [5.41, 5.74) is 2.36. The summed E-state index contributed by atoms with van der Waals surface area (Å²) >= 11 is 0. The second kappa shape index (κ2) is 4.09. The molecule has 1 amide bonds. The van der Waals surface area contributed by atoms with Crippen molar-refractivity contribution >= 4 is 17.7 Å². The Kier molecular flexibility index (Phi) is 2.64. The van der Waals surface area contributed by atoms with Gasteiger partial charge in [-0.3, -0.25) is 10.2 Å². The van der Waals surface area contributed by atoms with Gasteiger partial charge in [0.15, 0.2) is 0 Å². The summed E-state index contributed by atoms with van der Waals surface area (Å²) in [6, 6.07) is 1.81. The Balaban J connectivity index is 2.01. The van der Waals surface area contributed by atoms with Gasteiger partial charge in [-0.05, 0) is 6.07 Å². The Morgan fingerprint density at radius 1 is 1.60 bits per heavy atom. The first kappa shape index (κ1) is 9.66. The third kappa shape index (κ3) is 2.32. The normalized spacial score (nSPS) is 19.8. The van der Waals surface area contributed by atoms with Crippen molar-refractivity contribution in [3.8, 4) is 0 Å². The second-order valence-corrected chi connectivity index (χ2v) is 3.26. The average molecular weight is 208 g/mol. The summed E-state index contributed by atoms with van der Waals surface area (Å²) in [6.45, 7) is 0.619. The molecule has 0 spiro atoms. The monoisotopic (exact) mass is 208 g/mol. The maximum absolute atomic E-state index is 11.0. The molecule has 7 nitrogen and oxygen atoms in total. The van der Waals surface area contributed by atoms with Gasteiger partial charge in [0, 0.05) is 19.2 Å². The topological polar surface area (TPSA) is 105 Å². The molecular weight excluding hydrogens is 196 g/mol. The molecule has 0 aromatic carbocycles. The van der Waals surface area contributed by atoms with E-state index < -0.39 is 0 Å². The van der Waals surface area contributed by atoms with Crippen molar-refractivity contribution in [1.29, 1.82) is 0 Å². The molecule has 5 N–H and O–H groups in total. The van der Waals surface area contributed by atoms with Crippen molar-refractivity contribution in [3.63, 3.8) is 0 Å². The number of nitrogens with one attached hydrogen (secondary N) is 3. The predicted molar refractivity (Wildman–Crippen MR) is 54.9 cm³/mol. The van der Waals surface area contributed by atoms with Crippen LogP contribution in [0.4, 0.5) is 11.8 Å². The number of hydrogen-bond donors (Lipinski definition) is 4. The Morgan fingerprint density at radius 3 is 3.13 bits per heavy atom. The standard InChI is InChI=1S/C8H12N6O/c9-14-8-10-2-1-6(13-8)12-5-3-7(15)11-4-5/h1-2,5H,3-4,9H2,(H,11,15)(H2,10,12,13,14). The smallest absolute Gasteiger partial charge is 0.239 e. The van der Waals surface area contributed by atoms with Crippen LogP contribution in [-0.4, -0.2) is 28.5 Å². The minimum Gasteiger partial charge on any atom is -0.365 e. The first-order valence-corrected chi connectivity index (χ1v) is 4.61. The fraction of sp³-hybridized carbons (Fsp3) is 0.375. The number of amides is 1. The number of aromatic nitrogens is 2. The van der Waals surface area contributed by atoms with Crippen LogP contribution >= 0.6 is 0 Å². The fourth-order valence-electron chi connectivity index (χ4n) is 1.42. The maximum Gasteiger partial charge on any atom is 0.239 e. The number of nitrogens with zero attached hydrogens (tertiary/aromatic N) is 2. The predicted octanol–water partition coefficient (Wildman–Crippen LogP) is -0.937. The van der Waals surface area contributed by atoms with Crippen LogP contribution in [-0.2, 0) is 4.79 Å². The van der Waals surface area contributed by atoms with E-state index in [1.807, 2.05) is 0 Å². The fourth-order valence-corrected chi connectivity index (χ4v) is 1.42. The van der Waals surface area contributed by atoms with Crippen LogP contribution in [0, 0.1) is 0 Å². The van der Waals surface area contributed by atoms with Crippen LogP contribution in [0.5, 0.6) is 0 Å². The van der Waals surface area contributed by atoms with Crippen LogP contribution < -0.4 is 21.9 Å². The maximum atomic E-state index is 11.0. The van der Waals surface area contributed by atoms with E-state index in [1.165, 1.54) is 0 Å². The van der Waals surface area contributed by atoms with Crippen LogP contribution in [0.15, 0.2) is 12.3 Å². The third-order valence-corrected chi connectivity index (χ3v) is 2.11. The third-order valence-electron chi connectivity index (χ3n) is 2.11. The van der Waals surface area contributed by atoms with Gasteiger partial charge < -0.3 is 10.6 Å². The molecule has 1 aliphatic heterocycles. The number of carbonyl (C=O) groups excluding carboxylic acids is 1.